The average Bonchev–Trinajstić information content (AvgIpc) is 2.63. The molecule has 0 aromatic heterocycles. The zero-order valence-electron chi connectivity index (χ0n) is 16.6. The highest BCUT2D eigenvalue weighted by molar-refractivity contribution is 5.86. The largest absolute Gasteiger partial charge is 0.456 e. The SMILES string of the molecule is CCNC(=O)CNC(=O)COC(=O)CCNC(=O)C12CC3CC(CC(C3)C1)C2. The molecule has 4 fully saturated rings. The smallest absolute Gasteiger partial charge is 0.308 e. The lowest BCUT2D eigenvalue weighted by Crippen LogP contribution is -2.53. The molecule has 28 heavy (non-hydrogen) atoms. The highest BCUT2D eigenvalue weighted by Gasteiger charge is 2.54. The van der Waals surface area contributed by atoms with Gasteiger partial charge in [-0.15, -0.1) is 0 Å². The van der Waals surface area contributed by atoms with Crippen molar-refractivity contribution in [2.75, 3.05) is 26.2 Å². The molecule has 0 atom stereocenters. The van der Waals surface area contributed by atoms with Crippen molar-refractivity contribution in [1.29, 1.82) is 0 Å². The van der Waals surface area contributed by atoms with Crippen LogP contribution >= 0.6 is 0 Å². The van der Waals surface area contributed by atoms with Gasteiger partial charge >= 0.3 is 5.97 Å². The first-order valence-electron chi connectivity index (χ1n) is 10.4. The molecule has 8 heteroatoms. The zero-order chi connectivity index (χ0) is 20.1. The molecular weight excluding hydrogens is 362 g/mol. The van der Waals surface area contributed by atoms with Crippen LogP contribution in [-0.2, 0) is 23.9 Å². The molecule has 0 aromatic carbocycles. The van der Waals surface area contributed by atoms with E-state index in [0.29, 0.717) is 24.3 Å². The van der Waals surface area contributed by atoms with Gasteiger partial charge in [-0.3, -0.25) is 19.2 Å². The number of esters is 1. The molecule has 4 aliphatic rings. The minimum absolute atomic E-state index is 0.0295. The second kappa shape index (κ2) is 8.92. The Bertz CT molecular complexity index is 598. The zero-order valence-corrected chi connectivity index (χ0v) is 16.6. The Morgan fingerprint density at radius 3 is 2.07 bits per heavy atom. The molecule has 4 rings (SSSR count). The van der Waals surface area contributed by atoms with E-state index in [4.69, 9.17) is 4.74 Å². The Kier molecular flexibility index (Phi) is 6.57. The molecule has 0 radical (unpaired) electrons. The Labute approximate surface area is 165 Å². The van der Waals surface area contributed by atoms with Crippen LogP contribution in [0.1, 0.15) is 51.9 Å². The molecule has 4 saturated carbocycles. The van der Waals surface area contributed by atoms with E-state index in [9.17, 15) is 19.2 Å². The minimum Gasteiger partial charge on any atom is -0.456 e. The molecule has 0 spiro atoms. The number of hydrogen-bond donors (Lipinski definition) is 3. The van der Waals surface area contributed by atoms with E-state index in [1.807, 2.05) is 0 Å². The fourth-order valence-corrected chi connectivity index (χ4v) is 5.56. The van der Waals surface area contributed by atoms with Crippen LogP contribution in [0.5, 0.6) is 0 Å². The van der Waals surface area contributed by atoms with Crippen molar-refractivity contribution in [2.24, 2.45) is 23.2 Å². The standard InChI is InChI=1S/C20H31N3O5/c1-2-21-16(24)11-23-17(25)12-28-18(26)3-4-22-19(27)20-8-13-5-14(9-20)7-15(6-13)10-20/h13-15H,2-12H2,1H3,(H,21,24)(H,22,27)(H,23,25). The first-order chi connectivity index (χ1) is 13.4. The van der Waals surface area contributed by atoms with Gasteiger partial charge in [0.25, 0.3) is 5.91 Å². The Hall–Kier alpha value is -2.12. The van der Waals surface area contributed by atoms with E-state index in [1.165, 1.54) is 19.3 Å². The van der Waals surface area contributed by atoms with Gasteiger partial charge in [-0.05, 0) is 63.2 Å². The van der Waals surface area contributed by atoms with Crippen LogP contribution in [-0.4, -0.2) is 49.9 Å². The van der Waals surface area contributed by atoms with E-state index >= 15 is 0 Å². The van der Waals surface area contributed by atoms with Crippen molar-refractivity contribution in [3.8, 4) is 0 Å². The van der Waals surface area contributed by atoms with Gasteiger partial charge in [-0.2, -0.15) is 0 Å². The molecule has 3 N–H and O–H groups in total. The predicted octanol–water partition coefficient (Wildman–Crippen LogP) is 0.505. The van der Waals surface area contributed by atoms with Crippen LogP contribution in [0, 0.1) is 23.2 Å². The van der Waals surface area contributed by atoms with Crippen LogP contribution in [0.25, 0.3) is 0 Å². The number of carbonyl (C=O) groups excluding carboxylic acids is 4. The molecule has 3 amide bonds. The summed E-state index contributed by atoms with van der Waals surface area (Å²) in [4.78, 5) is 47.4. The quantitative estimate of drug-likeness (QED) is 0.494. The van der Waals surface area contributed by atoms with Crippen LogP contribution in [0.15, 0.2) is 0 Å². The summed E-state index contributed by atoms with van der Waals surface area (Å²) in [7, 11) is 0. The summed E-state index contributed by atoms with van der Waals surface area (Å²) in [6.45, 7) is 1.91. The van der Waals surface area contributed by atoms with Crippen LogP contribution in [0.4, 0.5) is 0 Å². The molecule has 8 nitrogen and oxygen atoms in total. The van der Waals surface area contributed by atoms with Crippen molar-refractivity contribution in [3.05, 3.63) is 0 Å². The van der Waals surface area contributed by atoms with Gasteiger partial charge in [0.1, 0.15) is 0 Å². The summed E-state index contributed by atoms with van der Waals surface area (Å²) in [6.07, 6.45) is 6.83. The van der Waals surface area contributed by atoms with Gasteiger partial charge in [0.2, 0.25) is 11.8 Å². The number of likely N-dealkylation sites (N-methyl/N-ethyl adjacent to an activating group) is 1. The summed E-state index contributed by atoms with van der Waals surface area (Å²) in [5.74, 6) is 0.796. The van der Waals surface area contributed by atoms with Crippen molar-refractivity contribution in [1.82, 2.24) is 16.0 Å². The molecule has 0 saturated heterocycles. The average molecular weight is 393 g/mol. The number of hydrogen-bond acceptors (Lipinski definition) is 5. The van der Waals surface area contributed by atoms with Crippen LogP contribution in [0.2, 0.25) is 0 Å². The Balaban J connectivity index is 1.32. The van der Waals surface area contributed by atoms with Gasteiger partial charge in [0.15, 0.2) is 6.61 Å². The number of nitrogens with one attached hydrogen (secondary N) is 3. The minimum atomic E-state index is -0.543. The fourth-order valence-electron chi connectivity index (χ4n) is 5.56. The number of ether oxygens (including phenoxy) is 1. The highest BCUT2D eigenvalue weighted by atomic mass is 16.5. The van der Waals surface area contributed by atoms with Gasteiger partial charge in [0, 0.05) is 18.5 Å². The lowest BCUT2D eigenvalue weighted by Gasteiger charge is -2.55. The normalized spacial score (nSPS) is 29.8. The monoisotopic (exact) mass is 393 g/mol. The molecule has 4 bridgehead atoms. The Morgan fingerprint density at radius 2 is 1.50 bits per heavy atom. The number of amides is 3. The molecule has 0 heterocycles. The fraction of sp³-hybridized carbons (Fsp3) is 0.800. The maximum atomic E-state index is 12.8. The third-order valence-electron chi connectivity index (χ3n) is 6.32. The van der Waals surface area contributed by atoms with Gasteiger partial charge in [-0.1, -0.05) is 0 Å². The molecular formula is C20H31N3O5. The summed E-state index contributed by atoms with van der Waals surface area (Å²) in [5, 5.41) is 7.84. The van der Waals surface area contributed by atoms with Gasteiger partial charge < -0.3 is 20.7 Å². The first kappa shape index (κ1) is 20.6. The van der Waals surface area contributed by atoms with E-state index in [2.05, 4.69) is 16.0 Å². The summed E-state index contributed by atoms with van der Waals surface area (Å²) < 4.78 is 4.89. The summed E-state index contributed by atoms with van der Waals surface area (Å²) in [6, 6.07) is 0. The molecule has 4 aliphatic carbocycles. The summed E-state index contributed by atoms with van der Waals surface area (Å²) in [5.41, 5.74) is -0.225. The highest BCUT2D eigenvalue weighted by Crippen LogP contribution is 2.60. The van der Waals surface area contributed by atoms with E-state index in [0.717, 1.165) is 19.3 Å². The van der Waals surface area contributed by atoms with Crippen LogP contribution < -0.4 is 16.0 Å². The Morgan fingerprint density at radius 1 is 0.893 bits per heavy atom. The van der Waals surface area contributed by atoms with E-state index in [-0.39, 0.29) is 36.7 Å². The molecule has 0 aromatic rings. The van der Waals surface area contributed by atoms with Crippen molar-refractivity contribution in [3.63, 3.8) is 0 Å². The van der Waals surface area contributed by atoms with Crippen molar-refractivity contribution >= 4 is 23.7 Å². The number of rotatable bonds is 9. The van der Waals surface area contributed by atoms with E-state index in [1.54, 1.807) is 6.92 Å². The van der Waals surface area contributed by atoms with Crippen molar-refractivity contribution < 1.29 is 23.9 Å². The number of carbonyl (C=O) groups is 4. The first-order valence-corrected chi connectivity index (χ1v) is 10.4. The molecule has 156 valence electrons. The maximum Gasteiger partial charge on any atom is 0.308 e. The van der Waals surface area contributed by atoms with Crippen LogP contribution in [0.3, 0.4) is 0 Å². The van der Waals surface area contributed by atoms with E-state index < -0.39 is 18.5 Å². The van der Waals surface area contributed by atoms with Gasteiger partial charge in [0.05, 0.1) is 13.0 Å². The summed E-state index contributed by atoms with van der Waals surface area (Å²) >= 11 is 0. The van der Waals surface area contributed by atoms with Gasteiger partial charge in [-0.25, -0.2) is 0 Å². The lowest BCUT2D eigenvalue weighted by atomic mass is 9.49. The second-order valence-electron chi connectivity index (χ2n) is 8.59. The third kappa shape index (κ3) is 5.02. The van der Waals surface area contributed by atoms with Crippen molar-refractivity contribution in [2.45, 2.75) is 51.9 Å². The third-order valence-corrected chi connectivity index (χ3v) is 6.32. The topological polar surface area (TPSA) is 114 Å². The molecule has 0 unspecified atom stereocenters. The predicted molar refractivity (Wildman–Crippen MR) is 101 cm³/mol. The maximum absolute atomic E-state index is 12.8. The molecule has 0 aliphatic heterocycles. The lowest BCUT2D eigenvalue weighted by molar-refractivity contribution is -0.149. The second-order valence-corrected chi connectivity index (χ2v) is 8.59.